The lowest BCUT2D eigenvalue weighted by molar-refractivity contribution is -0.120. The molecule has 0 fully saturated rings. The lowest BCUT2D eigenvalue weighted by Crippen LogP contribution is -2.31. The standard InChI is InChI=1S/C20H31N3O2/c1-4-5-6-7-8-9-12-23-15(2)17(14-20(24)22-21)18-13-16(25-3)10-11-19(18)23/h10-11,13H,4-9,12,14,21H2,1-3H3,(H,22,24). The number of nitrogens with zero attached hydrogens (tertiary/aromatic N) is 1. The Labute approximate surface area is 150 Å². The van der Waals surface area contributed by atoms with Gasteiger partial charge < -0.3 is 9.30 Å². The highest BCUT2D eigenvalue weighted by Gasteiger charge is 2.17. The van der Waals surface area contributed by atoms with Gasteiger partial charge in [-0.05, 0) is 37.1 Å². The van der Waals surface area contributed by atoms with E-state index in [-0.39, 0.29) is 12.3 Å². The smallest absolute Gasteiger partial charge is 0.238 e. The SMILES string of the molecule is CCCCCCCCn1c(C)c(CC(=O)NN)c2cc(OC)ccc21. The van der Waals surface area contributed by atoms with Crippen LogP contribution in [0.3, 0.4) is 0 Å². The van der Waals surface area contributed by atoms with E-state index in [9.17, 15) is 4.79 Å². The normalized spacial score (nSPS) is 11.0. The van der Waals surface area contributed by atoms with E-state index < -0.39 is 0 Å². The van der Waals surface area contributed by atoms with Crippen molar-refractivity contribution in [3.63, 3.8) is 0 Å². The molecule has 1 aromatic carbocycles. The first-order valence-corrected chi connectivity index (χ1v) is 9.27. The molecule has 0 unspecified atom stereocenters. The van der Waals surface area contributed by atoms with E-state index in [2.05, 4.69) is 29.9 Å². The van der Waals surface area contributed by atoms with Crippen LogP contribution < -0.4 is 16.0 Å². The molecule has 0 spiro atoms. The maximum absolute atomic E-state index is 11.8. The van der Waals surface area contributed by atoms with Crippen LogP contribution in [0.2, 0.25) is 0 Å². The molecule has 25 heavy (non-hydrogen) atoms. The Bertz CT molecular complexity index is 707. The molecule has 0 aliphatic rings. The molecular formula is C20H31N3O2. The number of hydrogen-bond donors (Lipinski definition) is 2. The minimum absolute atomic E-state index is 0.176. The quantitative estimate of drug-likeness (QED) is 0.297. The molecule has 0 atom stereocenters. The van der Waals surface area contributed by atoms with Crippen molar-refractivity contribution >= 4 is 16.8 Å². The Hall–Kier alpha value is -2.01. The Morgan fingerprint density at radius 2 is 1.92 bits per heavy atom. The van der Waals surface area contributed by atoms with Gasteiger partial charge in [0.25, 0.3) is 0 Å². The minimum atomic E-state index is -0.176. The van der Waals surface area contributed by atoms with Crippen molar-refractivity contribution in [2.75, 3.05) is 7.11 Å². The van der Waals surface area contributed by atoms with E-state index in [0.29, 0.717) is 0 Å². The molecule has 5 nitrogen and oxygen atoms in total. The zero-order chi connectivity index (χ0) is 18.2. The van der Waals surface area contributed by atoms with Gasteiger partial charge in [-0.2, -0.15) is 0 Å². The highest BCUT2D eigenvalue weighted by atomic mass is 16.5. The molecule has 2 aromatic rings. The Balaban J connectivity index is 2.23. The Kier molecular flexibility index (Phi) is 7.31. The van der Waals surface area contributed by atoms with Gasteiger partial charge in [-0.15, -0.1) is 0 Å². The van der Waals surface area contributed by atoms with Crippen LogP contribution in [0.1, 0.15) is 56.7 Å². The number of rotatable bonds is 10. The summed E-state index contributed by atoms with van der Waals surface area (Å²) in [5, 5.41) is 1.08. The highest BCUT2D eigenvalue weighted by Crippen LogP contribution is 2.30. The number of ether oxygens (including phenoxy) is 1. The van der Waals surface area contributed by atoms with E-state index in [4.69, 9.17) is 10.6 Å². The summed E-state index contributed by atoms with van der Waals surface area (Å²) >= 11 is 0. The molecule has 0 saturated carbocycles. The van der Waals surface area contributed by atoms with Gasteiger partial charge in [0.05, 0.1) is 13.5 Å². The fourth-order valence-electron chi connectivity index (χ4n) is 3.43. The van der Waals surface area contributed by atoms with Crippen molar-refractivity contribution in [2.24, 2.45) is 5.84 Å². The first-order valence-electron chi connectivity index (χ1n) is 9.27. The second-order valence-corrected chi connectivity index (χ2v) is 6.61. The molecule has 1 aromatic heterocycles. The lowest BCUT2D eigenvalue weighted by atomic mass is 10.1. The summed E-state index contributed by atoms with van der Waals surface area (Å²) in [6.45, 7) is 5.30. The predicted molar refractivity (Wildman–Crippen MR) is 103 cm³/mol. The van der Waals surface area contributed by atoms with E-state index in [0.717, 1.165) is 40.9 Å². The number of nitrogens with one attached hydrogen (secondary N) is 1. The first kappa shape index (κ1) is 19.3. The van der Waals surface area contributed by atoms with Crippen LogP contribution >= 0.6 is 0 Å². The van der Waals surface area contributed by atoms with Crippen molar-refractivity contribution in [1.29, 1.82) is 0 Å². The number of fused-ring (bicyclic) bond motifs is 1. The molecule has 0 radical (unpaired) electrons. The van der Waals surface area contributed by atoms with E-state index in [1.54, 1.807) is 7.11 Å². The minimum Gasteiger partial charge on any atom is -0.497 e. The molecule has 5 heteroatoms. The van der Waals surface area contributed by atoms with Gasteiger partial charge in [0, 0.05) is 23.1 Å². The summed E-state index contributed by atoms with van der Waals surface area (Å²) in [7, 11) is 1.66. The molecule has 3 N–H and O–H groups in total. The van der Waals surface area contributed by atoms with Gasteiger partial charge in [0.15, 0.2) is 0 Å². The highest BCUT2D eigenvalue weighted by molar-refractivity contribution is 5.91. The maximum Gasteiger partial charge on any atom is 0.238 e. The van der Waals surface area contributed by atoms with Crippen LogP contribution in [0, 0.1) is 6.92 Å². The number of hydrazine groups is 1. The van der Waals surface area contributed by atoms with Crippen LogP contribution in [0.15, 0.2) is 18.2 Å². The number of hydrogen-bond acceptors (Lipinski definition) is 3. The van der Waals surface area contributed by atoms with Crippen molar-refractivity contribution < 1.29 is 9.53 Å². The summed E-state index contributed by atoms with van der Waals surface area (Å²) in [4.78, 5) is 11.8. The van der Waals surface area contributed by atoms with Crippen LogP contribution in [0.4, 0.5) is 0 Å². The van der Waals surface area contributed by atoms with Crippen LogP contribution in [-0.2, 0) is 17.8 Å². The summed E-state index contributed by atoms with van der Waals surface area (Å²) in [5.74, 6) is 5.91. The van der Waals surface area contributed by atoms with Gasteiger partial charge in [-0.1, -0.05) is 39.0 Å². The van der Waals surface area contributed by atoms with Crippen LogP contribution in [0.5, 0.6) is 5.75 Å². The summed E-state index contributed by atoms with van der Waals surface area (Å²) in [6.07, 6.45) is 7.90. The Morgan fingerprint density at radius 3 is 2.60 bits per heavy atom. The number of carbonyl (C=O) groups is 1. The number of amides is 1. The molecule has 1 heterocycles. The van der Waals surface area contributed by atoms with E-state index in [1.165, 1.54) is 32.1 Å². The fourth-order valence-corrected chi connectivity index (χ4v) is 3.43. The zero-order valence-corrected chi connectivity index (χ0v) is 15.7. The molecule has 1 amide bonds. The summed E-state index contributed by atoms with van der Waals surface area (Å²) in [6, 6.07) is 6.08. The van der Waals surface area contributed by atoms with Gasteiger partial charge in [-0.25, -0.2) is 5.84 Å². The van der Waals surface area contributed by atoms with Crippen LogP contribution in [0.25, 0.3) is 10.9 Å². The third-order valence-electron chi connectivity index (χ3n) is 4.89. The van der Waals surface area contributed by atoms with Crippen molar-refractivity contribution in [3.8, 4) is 5.75 Å². The fraction of sp³-hybridized carbons (Fsp3) is 0.550. The van der Waals surface area contributed by atoms with E-state index in [1.807, 2.05) is 12.1 Å². The third kappa shape index (κ3) is 4.75. The largest absolute Gasteiger partial charge is 0.497 e. The zero-order valence-electron chi connectivity index (χ0n) is 15.7. The first-order chi connectivity index (χ1) is 12.1. The molecule has 2 rings (SSSR count). The maximum atomic E-state index is 11.8. The van der Waals surface area contributed by atoms with E-state index >= 15 is 0 Å². The van der Waals surface area contributed by atoms with Gasteiger partial charge in [-0.3, -0.25) is 10.2 Å². The number of benzene rings is 1. The summed E-state index contributed by atoms with van der Waals surface area (Å²) in [5.41, 5.74) is 5.56. The van der Waals surface area contributed by atoms with Gasteiger partial charge in [0.1, 0.15) is 5.75 Å². The van der Waals surface area contributed by atoms with Crippen molar-refractivity contribution in [1.82, 2.24) is 9.99 Å². The molecule has 0 aliphatic heterocycles. The third-order valence-corrected chi connectivity index (χ3v) is 4.89. The second-order valence-electron chi connectivity index (χ2n) is 6.61. The number of unbranched alkanes of at least 4 members (excludes halogenated alkanes) is 5. The number of aryl methyl sites for hydroxylation is 1. The average molecular weight is 345 g/mol. The van der Waals surface area contributed by atoms with Crippen molar-refractivity contribution in [3.05, 3.63) is 29.5 Å². The second kappa shape index (κ2) is 9.47. The van der Waals surface area contributed by atoms with Gasteiger partial charge >= 0.3 is 0 Å². The number of aromatic nitrogens is 1. The van der Waals surface area contributed by atoms with Crippen molar-refractivity contribution in [2.45, 2.75) is 65.3 Å². The predicted octanol–water partition coefficient (Wildman–Crippen LogP) is 3.85. The molecule has 0 saturated heterocycles. The molecule has 138 valence electrons. The topological polar surface area (TPSA) is 69.3 Å². The number of methoxy groups -OCH3 is 1. The summed E-state index contributed by atoms with van der Waals surface area (Å²) < 4.78 is 7.69. The molecule has 0 aliphatic carbocycles. The Morgan fingerprint density at radius 1 is 1.20 bits per heavy atom. The van der Waals surface area contributed by atoms with Crippen LogP contribution in [-0.4, -0.2) is 17.6 Å². The number of carbonyl (C=O) groups excluding carboxylic acids is 1. The molecule has 0 bridgehead atoms. The average Bonchev–Trinajstić information content (AvgIpc) is 2.89. The van der Waals surface area contributed by atoms with Gasteiger partial charge in [0.2, 0.25) is 5.91 Å². The lowest BCUT2D eigenvalue weighted by Gasteiger charge is -2.09. The monoisotopic (exact) mass is 345 g/mol. The molecular weight excluding hydrogens is 314 g/mol. The number of nitrogens with two attached hydrogens (primary N) is 1.